The van der Waals surface area contributed by atoms with Crippen LogP contribution < -0.4 is 10.2 Å². The van der Waals surface area contributed by atoms with Crippen LogP contribution in [0.4, 0.5) is 5.69 Å². The third kappa shape index (κ3) is 3.30. The van der Waals surface area contributed by atoms with Crippen molar-refractivity contribution in [3.8, 4) is 0 Å². The second-order valence-electron chi connectivity index (χ2n) is 4.13. The first-order chi connectivity index (χ1) is 9.10. The van der Waals surface area contributed by atoms with Gasteiger partial charge in [0.1, 0.15) is 6.54 Å². The fourth-order valence-corrected chi connectivity index (χ4v) is 2.37. The molecule has 2 N–H and O–H groups in total. The SMILES string of the molecule is Cc1csc(=O)n1CC(=O)Nc1ccc(CO)cc1. The molecule has 2 aromatic rings. The van der Waals surface area contributed by atoms with Crippen LogP contribution in [0.2, 0.25) is 0 Å². The maximum atomic E-state index is 11.8. The summed E-state index contributed by atoms with van der Waals surface area (Å²) < 4.78 is 1.43. The smallest absolute Gasteiger partial charge is 0.307 e. The Hall–Kier alpha value is -1.92. The summed E-state index contributed by atoms with van der Waals surface area (Å²) in [4.78, 5) is 23.2. The monoisotopic (exact) mass is 278 g/mol. The predicted octanol–water partition coefficient (Wildman–Crippen LogP) is 1.35. The summed E-state index contributed by atoms with van der Waals surface area (Å²) in [7, 11) is 0. The summed E-state index contributed by atoms with van der Waals surface area (Å²) in [6.07, 6.45) is 0. The quantitative estimate of drug-likeness (QED) is 0.886. The third-order valence-corrected chi connectivity index (χ3v) is 3.58. The Morgan fingerprint density at radius 2 is 2.05 bits per heavy atom. The van der Waals surface area contributed by atoms with Crippen molar-refractivity contribution in [2.24, 2.45) is 0 Å². The van der Waals surface area contributed by atoms with Crippen LogP contribution in [0.3, 0.4) is 0 Å². The highest BCUT2D eigenvalue weighted by atomic mass is 32.1. The molecule has 0 fully saturated rings. The van der Waals surface area contributed by atoms with Gasteiger partial charge in [0.15, 0.2) is 0 Å². The molecule has 6 heteroatoms. The van der Waals surface area contributed by atoms with Crippen molar-refractivity contribution in [1.29, 1.82) is 0 Å². The van der Waals surface area contributed by atoms with Crippen molar-refractivity contribution in [3.05, 3.63) is 50.6 Å². The van der Waals surface area contributed by atoms with Crippen molar-refractivity contribution >= 4 is 22.9 Å². The van der Waals surface area contributed by atoms with Gasteiger partial charge < -0.3 is 10.4 Å². The van der Waals surface area contributed by atoms with Crippen LogP contribution >= 0.6 is 11.3 Å². The number of rotatable bonds is 4. The molecule has 0 aliphatic carbocycles. The summed E-state index contributed by atoms with van der Waals surface area (Å²) in [6, 6.07) is 6.90. The minimum atomic E-state index is -0.250. The minimum absolute atomic E-state index is 0.00984. The van der Waals surface area contributed by atoms with E-state index in [0.717, 1.165) is 22.6 Å². The number of nitrogens with zero attached hydrogens (tertiary/aromatic N) is 1. The molecule has 1 amide bonds. The number of amides is 1. The third-order valence-electron chi connectivity index (χ3n) is 2.70. The molecule has 0 aliphatic rings. The van der Waals surface area contributed by atoms with Gasteiger partial charge in [0.05, 0.1) is 6.61 Å². The molecule has 2 rings (SSSR count). The largest absolute Gasteiger partial charge is 0.392 e. The lowest BCUT2D eigenvalue weighted by Crippen LogP contribution is -2.25. The van der Waals surface area contributed by atoms with Crippen LogP contribution in [-0.2, 0) is 17.9 Å². The van der Waals surface area contributed by atoms with E-state index in [4.69, 9.17) is 5.11 Å². The number of benzene rings is 1. The Balaban J connectivity index is 2.03. The number of aliphatic hydroxyl groups is 1. The zero-order chi connectivity index (χ0) is 13.8. The molecule has 19 heavy (non-hydrogen) atoms. The summed E-state index contributed by atoms with van der Waals surface area (Å²) in [5.74, 6) is -0.250. The second kappa shape index (κ2) is 5.81. The molecule has 0 saturated heterocycles. The summed E-state index contributed by atoms with van der Waals surface area (Å²) in [6.45, 7) is 1.77. The Kier molecular flexibility index (Phi) is 4.13. The van der Waals surface area contributed by atoms with Crippen molar-refractivity contribution < 1.29 is 9.90 Å². The molecular weight excluding hydrogens is 264 g/mol. The molecular formula is C13H14N2O3S. The van der Waals surface area contributed by atoms with E-state index in [1.165, 1.54) is 4.57 Å². The number of aliphatic hydroxyl groups excluding tert-OH is 1. The van der Waals surface area contributed by atoms with E-state index in [2.05, 4.69) is 5.32 Å². The second-order valence-corrected chi connectivity index (χ2v) is 4.95. The molecule has 1 aromatic carbocycles. The van der Waals surface area contributed by atoms with Gasteiger partial charge in [-0.2, -0.15) is 0 Å². The lowest BCUT2D eigenvalue weighted by atomic mass is 10.2. The van der Waals surface area contributed by atoms with Crippen LogP contribution in [0, 0.1) is 6.92 Å². The first-order valence-corrected chi connectivity index (χ1v) is 6.62. The Morgan fingerprint density at radius 3 is 2.58 bits per heavy atom. The van der Waals surface area contributed by atoms with Gasteiger partial charge >= 0.3 is 4.87 Å². The van der Waals surface area contributed by atoms with E-state index < -0.39 is 0 Å². The predicted molar refractivity (Wildman–Crippen MR) is 74.3 cm³/mol. The lowest BCUT2D eigenvalue weighted by molar-refractivity contribution is -0.116. The van der Waals surface area contributed by atoms with Gasteiger partial charge in [-0.3, -0.25) is 14.2 Å². The summed E-state index contributed by atoms with van der Waals surface area (Å²) >= 11 is 1.08. The van der Waals surface area contributed by atoms with Gasteiger partial charge in [0.25, 0.3) is 0 Å². The van der Waals surface area contributed by atoms with Crippen molar-refractivity contribution in [1.82, 2.24) is 4.57 Å². The molecule has 0 atom stereocenters. The minimum Gasteiger partial charge on any atom is -0.392 e. The number of aromatic nitrogens is 1. The van der Waals surface area contributed by atoms with E-state index in [-0.39, 0.29) is 23.9 Å². The average Bonchev–Trinajstić information content (AvgIpc) is 2.71. The molecule has 0 bridgehead atoms. The maximum absolute atomic E-state index is 11.8. The van der Waals surface area contributed by atoms with Crippen LogP contribution in [0.1, 0.15) is 11.3 Å². The zero-order valence-electron chi connectivity index (χ0n) is 10.4. The van der Waals surface area contributed by atoms with Gasteiger partial charge in [-0.1, -0.05) is 23.5 Å². The maximum Gasteiger partial charge on any atom is 0.307 e. The van der Waals surface area contributed by atoms with E-state index in [9.17, 15) is 9.59 Å². The van der Waals surface area contributed by atoms with Crippen molar-refractivity contribution in [2.45, 2.75) is 20.1 Å². The molecule has 0 radical (unpaired) electrons. The normalized spacial score (nSPS) is 10.4. The van der Waals surface area contributed by atoms with Gasteiger partial charge in [-0.15, -0.1) is 0 Å². The van der Waals surface area contributed by atoms with Crippen LogP contribution in [0.15, 0.2) is 34.4 Å². The highest BCUT2D eigenvalue weighted by Crippen LogP contribution is 2.09. The number of hydrogen-bond donors (Lipinski definition) is 2. The number of aryl methyl sites for hydroxylation is 1. The number of thiazole rings is 1. The first-order valence-electron chi connectivity index (χ1n) is 5.74. The molecule has 0 unspecified atom stereocenters. The van der Waals surface area contributed by atoms with E-state index >= 15 is 0 Å². The van der Waals surface area contributed by atoms with E-state index in [1.54, 1.807) is 36.6 Å². The van der Waals surface area contributed by atoms with E-state index in [0.29, 0.717) is 5.69 Å². The van der Waals surface area contributed by atoms with Crippen LogP contribution in [-0.4, -0.2) is 15.6 Å². The molecule has 0 aliphatic heterocycles. The fourth-order valence-electron chi connectivity index (χ4n) is 1.63. The van der Waals surface area contributed by atoms with E-state index in [1.807, 2.05) is 0 Å². The van der Waals surface area contributed by atoms with Crippen LogP contribution in [0.25, 0.3) is 0 Å². The molecule has 0 spiro atoms. The highest BCUT2D eigenvalue weighted by molar-refractivity contribution is 7.07. The first kappa shape index (κ1) is 13.5. The van der Waals surface area contributed by atoms with Crippen LogP contribution in [0.5, 0.6) is 0 Å². The molecule has 100 valence electrons. The number of anilines is 1. The molecule has 0 saturated carbocycles. The Bertz CT molecular complexity index is 628. The molecule has 1 aromatic heterocycles. The summed E-state index contributed by atoms with van der Waals surface area (Å²) in [5.41, 5.74) is 2.20. The van der Waals surface area contributed by atoms with Crippen molar-refractivity contribution in [3.63, 3.8) is 0 Å². The average molecular weight is 278 g/mol. The van der Waals surface area contributed by atoms with Gasteiger partial charge in [-0.05, 0) is 24.6 Å². The topological polar surface area (TPSA) is 71.3 Å². The molecule has 5 nitrogen and oxygen atoms in total. The van der Waals surface area contributed by atoms with Gasteiger partial charge in [0.2, 0.25) is 5.91 Å². The lowest BCUT2D eigenvalue weighted by Gasteiger charge is -2.07. The summed E-state index contributed by atoms with van der Waals surface area (Å²) in [5, 5.41) is 13.4. The molecule has 1 heterocycles. The Labute approximate surface area is 114 Å². The number of carbonyl (C=O) groups is 1. The number of carbonyl (C=O) groups excluding carboxylic acids is 1. The van der Waals surface area contributed by atoms with Gasteiger partial charge in [-0.25, -0.2) is 0 Å². The van der Waals surface area contributed by atoms with Crippen molar-refractivity contribution in [2.75, 3.05) is 5.32 Å². The number of hydrogen-bond acceptors (Lipinski definition) is 4. The van der Waals surface area contributed by atoms with Gasteiger partial charge in [0, 0.05) is 16.8 Å². The zero-order valence-corrected chi connectivity index (χ0v) is 11.2. The number of nitrogens with one attached hydrogen (secondary N) is 1. The standard InChI is InChI=1S/C13H14N2O3S/c1-9-8-19-13(18)15(9)6-12(17)14-11-4-2-10(7-16)3-5-11/h2-5,8,16H,6-7H2,1H3,(H,14,17). The Morgan fingerprint density at radius 1 is 1.37 bits per heavy atom. The fraction of sp³-hybridized carbons (Fsp3) is 0.231. The highest BCUT2D eigenvalue weighted by Gasteiger charge is 2.08.